The molecule has 10 aromatic carbocycles. The van der Waals surface area contributed by atoms with Gasteiger partial charge >= 0.3 is 0 Å². The van der Waals surface area contributed by atoms with Gasteiger partial charge in [0.15, 0.2) is 0 Å². The second kappa shape index (κ2) is 14.5. The van der Waals surface area contributed by atoms with Crippen molar-refractivity contribution in [3.63, 3.8) is 0 Å². The van der Waals surface area contributed by atoms with Gasteiger partial charge in [0, 0.05) is 0 Å². The predicted molar refractivity (Wildman–Crippen MR) is 290 cm³/mol. The van der Waals surface area contributed by atoms with Crippen LogP contribution in [0.2, 0.25) is 0 Å². The molecule has 0 amide bonds. The van der Waals surface area contributed by atoms with E-state index in [2.05, 4.69) is 241 Å². The minimum absolute atomic E-state index is 0.0316. The van der Waals surface area contributed by atoms with E-state index in [9.17, 15) is 0 Å². The summed E-state index contributed by atoms with van der Waals surface area (Å²) >= 11 is 0. The van der Waals surface area contributed by atoms with Crippen LogP contribution in [0.15, 0.2) is 158 Å². The van der Waals surface area contributed by atoms with E-state index in [4.69, 9.17) is 0 Å². The van der Waals surface area contributed by atoms with Crippen LogP contribution in [-0.2, 0) is 21.7 Å². The summed E-state index contributed by atoms with van der Waals surface area (Å²) in [6.07, 6.45) is 0. The highest BCUT2D eigenvalue weighted by atomic mass is 14.4. The molecule has 0 aliphatic heterocycles. The normalized spacial score (nSPS) is 13.2. The molecular weight excluding hydrogens is 793 g/mol. The van der Waals surface area contributed by atoms with Crippen molar-refractivity contribution in [2.45, 2.75) is 105 Å². The third-order valence-corrected chi connectivity index (χ3v) is 14.7. The minimum Gasteiger partial charge on any atom is -0.0616 e. The summed E-state index contributed by atoms with van der Waals surface area (Å²) in [6, 6.07) is 61.3. The highest BCUT2D eigenvalue weighted by Crippen LogP contribution is 2.60. The first-order valence-electron chi connectivity index (χ1n) is 24.1. The summed E-state index contributed by atoms with van der Waals surface area (Å²) in [5.74, 6) is 0. The summed E-state index contributed by atoms with van der Waals surface area (Å²) in [7, 11) is 0. The van der Waals surface area contributed by atoms with Crippen molar-refractivity contribution in [2.75, 3.05) is 0 Å². The summed E-state index contributed by atoms with van der Waals surface area (Å²) in [4.78, 5) is 0. The van der Waals surface area contributed by atoms with Gasteiger partial charge in [0.25, 0.3) is 0 Å². The van der Waals surface area contributed by atoms with Crippen LogP contribution in [0.5, 0.6) is 0 Å². The van der Waals surface area contributed by atoms with Gasteiger partial charge in [-0.25, -0.2) is 0 Å². The van der Waals surface area contributed by atoms with Gasteiger partial charge in [0.05, 0.1) is 0 Å². The molecule has 0 atom stereocenters. The van der Waals surface area contributed by atoms with Crippen LogP contribution in [-0.4, -0.2) is 0 Å². The van der Waals surface area contributed by atoms with Crippen molar-refractivity contribution in [3.05, 3.63) is 180 Å². The average molecular weight is 855 g/mol. The van der Waals surface area contributed by atoms with Gasteiger partial charge in [0.1, 0.15) is 0 Å². The van der Waals surface area contributed by atoms with Gasteiger partial charge in [-0.15, -0.1) is 0 Å². The Hall–Kier alpha value is -6.50. The van der Waals surface area contributed by atoms with Gasteiger partial charge in [-0.3, -0.25) is 0 Å². The fraction of sp³-hybridized carbons (Fsp3) is 0.242. The summed E-state index contributed by atoms with van der Waals surface area (Å²) < 4.78 is 0. The van der Waals surface area contributed by atoms with Crippen molar-refractivity contribution in [3.8, 4) is 55.6 Å². The van der Waals surface area contributed by atoms with Crippen LogP contribution in [0.3, 0.4) is 0 Å². The molecule has 326 valence electrons. The first-order chi connectivity index (χ1) is 31.3. The molecule has 10 aromatic rings. The van der Waals surface area contributed by atoms with Crippen molar-refractivity contribution >= 4 is 53.9 Å². The predicted octanol–water partition coefficient (Wildman–Crippen LogP) is 19.3. The zero-order valence-electron chi connectivity index (χ0n) is 41.0. The number of fused-ring (bicyclic) bond motifs is 9. The van der Waals surface area contributed by atoms with Gasteiger partial charge in [-0.05, 0) is 172 Å². The molecule has 0 aromatic heterocycles. The molecule has 0 saturated carbocycles. The SMILES string of the molecule is CC(C)(C)c1cc(-c2c3c(c(-c4cc(C(C)(C)C)cc(C(C)(C)C)c4)c4ccccc24)-c2cc4c5ccccc5c(-c5ccc6ccccc6c5)cc4c4cccc-3c24)cc(C(C)(C)C)c1. The molecule has 1 aliphatic carbocycles. The highest BCUT2D eigenvalue weighted by Gasteiger charge is 2.34. The fourth-order valence-electron chi connectivity index (χ4n) is 10.9. The van der Waals surface area contributed by atoms with Crippen LogP contribution in [0.4, 0.5) is 0 Å². The van der Waals surface area contributed by atoms with Gasteiger partial charge in [-0.1, -0.05) is 223 Å². The molecule has 0 unspecified atom stereocenters. The Morgan fingerprint density at radius 1 is 0.242 bits per heavy atom. The Morgan fingerprint density at radius 2 is 0.667 bits per heavy atom. The molecule has 0 nitrogen and oxygen atoms in total. The van der Waals surface area contributed by atoms with Crippen molar-refractivity contribution in [1.29, 1.82) is 0 Å². The molecule has 0 saturated heterocycles. The standard InChI is InChI=1S/C66H62/c1-63(2,3)44-31-42(32-45(35-44)64(4,5)6)58-50-24-17-18-25-51(50)59(43-33-46(65(7,8)9)36-47(34-43)66(10,11)12)62-57-38-55-49-23-16-15-22-48(49)54(41-29-28-39-20-13-14-21-40(39)30-41)37-56(55)52-26-19-27-53(60(52)57)61(58)62/h13-38H,1-12H3. The molecule has 0 bridgehead atoms. The molecule has 0 spiro atoms. The maximum Gasteiger partial charge on any atom is -0.000719 e. The number of benzene rings is 10. The molecule has 0 radical (unpaired) electrons. The van der Waals surface area contributed by atoms with E-state index in [1.54, 1.807) is 0 Å². The van der Waals surface area contributed by atoms with E-state index in [1.807, 2.05) is 0 Å². The van der Waals surface area contributed by atoms with Crippen LogP contribution in [0.25, 0.3) is 109 Å². The lowest BCUT2D eigenvalue weighted by molar-refractivity contribution is 0.568. The van der Waals surface area contributed by atoms with E-state index in [1.165, 1.54) is 132 Å². The Labute approximate surface area is 392 Å². The van der Waals surface area contributed by atoms with Crippen LogP contribution in [0, 0.1) is 0 Å². The molecule has 0 heteroatoms. The van der Waals surface area contributed by atoms with Crippen LogP contribution < -0.4 is 0 Å². The first kappa shape index (κ1) is 42.2. The Balaban J connectivity index is 1.34. The van der Waals surface area contributed by atoms with Gasteiger partial charge < -0.3 is 0 Å². The topological polar surface area (TPSA) is 0 Å². The van der Waals surface area contributed by atoms with Crippen molar-refractivity contribution < 1.29 is 0 Å². The Kier molecular flexibility index (Phi) is 9.26. The number of hydrogen-bond acceptors (Lipinski definition) is 0. The lowest BCUT2D eigenvalue weighted by atomic mass is 9.75. The number of rotatable bonds is 3. The van der Waals surface area contributed by atoms with Crippen LogP contribution >= 0.6 is 0 Å². The first-order valence-corrected chi connectivity index (χ1v) is 24.1. The maximum atomic E-state index is 2.58. The van der Waals surface area contributed by atoms with Crippen molar-refractivity contribution in [2.24, 2.45) is 0 Å². The zero-order valence-corrected chi connectivity index (χ0v) is 41.0. The summed E-state index contributed by atoms with van der Waals surface area (Å²) in [6.45, 7) is 28.3. The van der Waals surface area contributed by atoms with E-state index >= 15 is 0 Å². The largest absolute Gasteiger partial charge is 0.0616 e. The lowest BCUT2D eigenvalue weighted by Crippen LogP contribution is -2.17. The quantitative estimate of drug-likeness (QED) is 0.155. The third kappa shape index (κ3) is 6.70. The zero-order chi connectivity index (χ0) is 46.2. The third-order valence-electron chi connectivity index (χ3n) is 14.7. The molecular formula is C66H62. The number of hydrogen-bond donors (Lipinski definition) is 0. The van der Waals surface area contributed by atoms with Crippen LogP contribution in [0.1, 0.15) is 105 Å². The highest BCUT2D eigenvalue weighted by molar-refractivity contribution is 6.33. The average Bonchev–Trinajstić information content (AvgIpc) is 3.60. The molecule has 0 fully saturated rings. The van der Waals surface area contributed by atoms with Gasteiger partial charge in [-0.2, -0.15) is 0 Å². The second-order valence-corrected chi connectivity index (χ2v) is 23.4. The molecule has 66 heavy (non-hydrogen) atoms. The smallest absolute Gasteiger partial charge is 0.000719 e. The molecule has 1 aliphatic rings. The summed E-state index contributed by atoms with van der Waals surface area (Å²) in [5.41, 5.74) is 18.5. The van der Waals surface area contributed by atoms with Gasteiger partial charge in [0.2, 0.25) is 0 Å². The van der Waals surface area contributed by atoms with E-state index in [-0.39, 0.29) is 21.7 Å². The Morgan fingerprint density at radius 3 is 1.20 bits per heavy atom. The maximum absolute atomic E-state index is 2.58. The molecule has 0 heterocycles. The molecule has 11 rings (SSSR count). The van der Waals surface area contributed by atoms with E-state index < -0.39 is 0 Å². The molecule has 0 N–H and O–H groups in total. The monoisotopic (exact) mass is 854 g/mol. The van der Waals surface area contributed by atoms with Crippen molar-refractivity contribution in [1.82, 2.24) is 0 Å². The lowest BCUT2D eigenvalue weighted by Gasteiger charge is -2.29. The second-order valence-electron chi connectivity index (χ2n) is 23.4. The Bertz CT molecular complexity index is 3590. The minimum atomic E-state index is -0.0352. The fourth-order valence-corrected chi connectivity index (χ4v) is 10.9. The van der Waals surface area contributed by atoms with E-state index in [0.717, 1.165) is 0 Å². The van der Waals surface area contributed by atoms with E-state index in [0.29, 0.717) is 0 Å². The summed E-state index contributed by atoms with van der Waals surface area (Å²) in [5, 5.41) is 12.9.